The first-order valence-electron chi connectivity index (χ1n) is 4.79. The van der Waals surface area contributed by atoms with Crippen LogP contribution in [0.1, 0.15) is 5.56 Å². The Bertz CT molecular complexity index is 370. The zero-order chi connectivity index (χ0) is 12.0. The summed E-state index contributed by atoms with van der Waals surface area (Å²) in [6.45, 7) is 1.87. The summed E-state index contributed by atoms with van der Waals surface area (Å²) < 4.78 is 0.736. The summed E-state index contributed by atoms with van der Waals surface area (Å²) in [6.07, 6.45) is 0. The molecule has 2 aromatic carbocycles. The van der Waals surface area contributed by atoms with Crippen LogP contribution in [0.15, 0.2) is 53.0 Å². The molecular formula is C13H13BrO2. The number of para-hydroxylation sites is 2. The van der Waals surface area contributed by atoms with Crippen molar-refractivity contribution in [3.8, 4) is 11.5 Å². The number of rotatable bonds is 0. The van der Waals surface area contributed by atoms with Gasteiger partial charge in [0.2, 0.25) is 0 Å². The molecule has 84 valence electrons. The van der Waals surface area contributed by atoms with Gasteiger partial charge in [0.1, 0.15) is 11.5 Å². The Kier molecular flexibility index (Phi) is 4.86. The topological polar surface area (TPSA) is 40.5 Å². The van der Waals surface area contributed by atoms with Crippen molar-refractivity contribution in [1.82, 2.24) is 0 Å². The summed E-state index contributed by atoms with van der Waals surface area (Å²) in [7, 11) is 0. The fraction of sp³-hybridized carbons (Fsp3) is 0.0769. The molecule has 0 spiro atoms. The van der Waals surface area contributed by atoms with Crippen molar-refractivity contribution in [2.24, 2.45) is 0 Å². The molecule has 2 aromatic rings. The maximum atomic E-state index is 8.92. The Morgan fingerprint density at radius 2 is 1.31 bits per heavy atom. The normalized spacial score (nSPS) is 9.12. The van der Waals surface area contributed by atoms with Crippen LogP contribution < -0.4 is 0 Å². The van der Waals surface area contributed by atoms with Crippen LogP contribution in [0.25, 0.3) is 0 Å². The molecule has 0 saturated carbocycles. The third-order valence-corrected chi connectivity index (χ3v) is 2.64. The van der Waals surface area contributed by atoms with Crippen molar-refractivity contribution < 1.29 is 10.2 Å². The molecule has 0 bridgehead atoms. The van der Waals surface area contributed by atoms with Gasteiger partial charge in [-0.1, -0.05) is 30.3 Å². The molecule has 0 saturated heterocycles. The first kappa shape index (κ1) is 12.6. The number of halogens is 1. The van der Waals surface area contributed by atoms with Gasteiger partial charge in [-0.15, -0.1) is 0 Å². The average molecular weight is 281 g/mol. The Hall–Kier alpha value is -1.48. The number of hydrogen-bond acceptors (Lipinski definition) is 2. The van der Waals surface area contributed by atoms with Gasteiger partial charge in [0.05, 0.1) is 4.47 Å². The standard InChI is InChI=1S/C7H8O.C6H5BrO/c1-6-4-2-3-5-7(6)8;7-5-3-1-2-4-6(5)8/h2-5,8H,1H3;1-4,8H. The minimum atomic E-state index is 0.285. The van der Waals surface area contributed by atoms with E-state index in [1.807, 2.05) is 31.2 Å². The van der Waals surface area contributed by atoms with Crippen LogP contribution in [0.2, 0.25) is 0 Å². The van der Waals surface area contributed by atoms with Crippen molar-refractivity contribution in [2.45, 2.75) is 6.92 Å². The molecule has 0 unspecified atom stereocenters. The SMILES string of the molecule is Cc1ccccc1O.Oc1ccccc1Br. The van der Waals surface area contributed by atoms with E-state index in [9.17, 15) is 0 Å². The van der Waals surface area contributed by atoms with Gasteiger partial charge >= 0.3 is 0 Å². The van der Waals surface area contributed by atoms with Crippen molar-refractivity contribution in [1.29, 1.82) is 0 Å². The highest BCUT2D eigenvalue weighted by Gasteiger charge is 1.89. The molecule has 0 aromatic heterocycles. The van der Waals surface area contributed by atoms with E-state index in [0.29, 0.717) is 5.75 Å². The van der Waals surface area contributed by atoms with E-state index >= 15 is 0 Å². The lowest BCUT2D eigenvalue weighted by atomic mass is 10.2. The van der Waals surface area contributed by atoms with Gasteiger partial charge in [-0.2, -0.15) is 0 Å². The van der Waals surface area contributed by atoms with E-state index in [-0.39, 0.29) is 5.75 Å². The first-order chi connectivity index (χ1) is 7.61. The summed E-state index contributed by atoms with van der Waals surface area (Å²) in [5, 5.41) is 17.8. The number of phenols is 2. The second-order valence-electron chi connectivity index (χ2n) is 3.24. The van der Waals surface area contributed by atoms with Crippen molar-refractivity contribution >= 4 is 15.9 Å². The highest BCUT2D eigenvalue weighted by molar-refractivity contribution is 9.10. The van der Waals surface area contributed by atoms with E-state index in [1.54, 1.807) is 24.3 Å². The van der Waals surface area contributed by atoms with Crippen LogP contribution in [0.3, 0.4) is 0 Å². The predicted molar refractivity (Wildman–Crippen MR) is 68.7 cm³/mol. The molecule has 2 nitrogen and oxygen atoms in total. The van der Waals surface area contributed by atoms with E-state index < -0.39 is 0 Å². The largest absolute Gasteiger partial charge is 0.508 e. The highest BCUT2D eigenvalue weighted by atomic mass is 79.9. The van der Waals surface area contributed by atoms with Crippen LogP contribution in [0.4, 0.5) is 0 Å². The fourth-order valence-electron chi connectivity index (χ4n) is 1.02. The maximum absolute atomic E-state index is 8.92. The lowest BCUT2D eigenvalue weighted by Crippen LogP contribution is -1.68. The van der Waals surface area contributed by atoms with Gasteiger partial charge in [0.25, 0.3) is 0 Å². The Balaban J connectivity index is 0.000000160. The summed E-state index contributed by atoms with van der Waals surface area (Å²) in [4.78, 5) is 0. The number of hydrogen-bond donors (Lipinski definition) is 2. The Labute approximate surface area is 103 Å². The lowest BCUT2D eigenvalue weighted by Gasteiger charge is -1.92. The molecular weight excluding hydrogens is 268 g/mol. The smallest absolute Gasteiger partial charge is 0.129 e. The number of phenolic OH excluding ortho intramolecular Hbond substituents is 2. The molecule has 0 amide bonds. The fourth-order valence-corrected chi connectivity index (χ4v) is 1.30. The second-order valence-corrected chi connectivity index (χ2v) is 4.09. The van der Waals surface area contributed by atoms with Gasteiger partial charge in [-0.25, -0.2) is 0 Å². The number of benzene rings is 2. The molecule has 0 aliphatic heterocycles. The van der Waals surface area contributed by atoms with Crippen LogP contribution in [-0.2, 0) is 0 Å². The molecule has 2 rings (SSSR count). The molecule has 2 N–H and O–H groups in total. The molecule has 0 radical (unpaired) electrons. The zero-order valence-electron chi connectivity index (χ0n) is 8.89. The van der Waals surface area contributed by atoms with E-state index in [0.717, 1.165) is 10.0 Å². The maximum Gasteiger partial charge on any atom is 0.129 e. The zero-order valence-corrected chi connectivity index (χ0v) is 10.5. The summed E-state index contributed by atoms with van der Waals surface area (Å²) >= 11 is 3.15. The average Bonchev–Trinajstić information content (AvgIpc) is 2.28. The monoisotopic (exact) mass is 280 g/mol. The summed E-state index contributed by atoms with van der Waals surface area (Å²) in [6, 6.07) is 14.3. The molecule has 0 aliphatic carbocycles. The van der Waals surface area contributed by atoms with Crippen molar-refractivity contribution in [3.63, 3.8) is 0 Å². The van der Waals surface area contributed by atoms with E-state index in [4.69, 9.17) is 10.2 Å². The van der Waals surface area contributed by atoms with Crippen molar-refractivity contribution in [3.05, 3.63) is 58.6 Å². The van der Waals surface area contributed by atoms with Gasteiger partial charge < -0.3 is 10.2 Å². The lowest BCUT2D eigenvalue weighted by molar-refractivity contribution is 0.471. The first-order valence-corrected chi connectivity index (χ1v) is 5.58. The third-order valence-electron chi connectivity index (χ3n) is 1.97. The van der Waals surface area contributed by atoms with Gasteiger partial charge in [0.15, 0.2) is 0 Å². The van der Waals surface area contributed by atoms with Crippen LogP contribution in [-0.4, -0.2) is 10.2 Å². The highest BCUT2D eigenvalue weighted by Crippen LogP contribution is 2.21. The minimum absolute atomic E-state index is 0.285. The van der Waals surface area contributed by atoms with Crippen LogP contribution >= 0.6 is 15.9 Å². The predicted octanol–water partition coefficient (Wildman–Crippen LogP) is 3.86. The van der Waals surface area contributed by atoms with Crippen molar-refractivity contribution in [2.75, 3.05) is 0 Å². The Morgan fingerprint density at radius 1 is 0.812 bits per heavy atom. The molecule has 16 heavy (non-hydrogen) atoms. The molecule has 3 heteroatoms. The third kappa shape index (κ3) is 3.95. The number of aromatic hydroxyl groups is 2. The van der Waals surface area contributed by atoms with Gasteiger partial charge in [-0.3, -0.25) is 0 Å². The quantitative estimate of drug-likeness (QED) is 0.770. The Morgan fingerprint density at radius 3 is 1.62 bits per heavy atom. The molecule has 0 fully saturated rings. The van der Waals surface area contributed by atoms with E-state index in [1.165, 1.54) is 0 Å². The van der Waals surface area contributed by atoms with Gasteiger partial charge in [-0.05, 0) is 46.6 Å². The van der Waals surface area contributed by atoms with Crippen LogP contribution in [0.5, 0.6) is 11.5 Å². The molecule has 0 heterocycles. The minimum Gasteiger partial charge on any atom is -0.508 e. The summed E-state index contributed by atoms with van der Waals surface area (Å²) in [5.41, 5.74) is 0.924. The van der Waals surface area contributed by atoms with Gasteiger partial charge in [0, 0.05) is 0 Å². The molecule has 0 atom stereocenters. The number of aryl methyl sites for hydroxylation is 1. The summed E-state index contributed by atoms with van der Waals surface area (Å²) in [5.74, 6) is 0.653. The van der Waals surface area contributed by atoms with E-state index in [2.05, 4.69) is 15.9 Å². The van der Waals surface area contributed by atoms with Crippen LogP contribution in [0, 0.1) is 6.92 Å². The molecule has 0 aliphatic rings. The second kappa shape index (κ2) is 6.18.